The van der Waals surface area contributed by atoms with Gasteiger partial charge in [0.1, 0.15) is 11.9 Å². The lowest BCUT2D eigenvalue weighted by atomic mass is 10.3. The standard InChI is InChI=1S/C5H11O.CHClO3/c1-2-3-4-5-6;2-5-1(3)4/h2-5H2,1H3;(H,3,4). The molecule has 0 aliphatic heterocycles. The summed E-state index contributed by atoms with van der Waals surface area (Å²) in [6.45, 7) is 2.20. The summed E-state index contributed by atoms with van der Waals surface area (Å²) in [7, 11) is 0. The van der Waals surface area contributed by atoms with Crippen LogP contribution in [0.3, 0.4) is 0 Å². The Balaban J connectivity index is 0. The summed E-state index contributed by atoms with van der Waals surface area (Å²) in [5.74, 6) is 0. The van der Waals surface area contributed by atoms with Crippen LogP contribution in [-0.2, 0) is 9.40 Å². The first-order chi connectivity index (χ1) is 5.18. The summed E-state index contributed by atoms with van der Waals surface area (Å²) in [5.41, 5.74) is 0. The molecule has 0 heterocycles. The number of halogens is 1. The highest BCUT2D eigenvalue weighted by atomic mass is 35.5. The van der Waals surface area contributed by atoms with Crippen molar-refractivity contribution in [2.75, 3.05) is 6.61 Å². The zero-order valence-electron chi connectivity index (χ0n) is 6.38. The molecule has 4 nitrogen and oxygen atoms in total. The maximum Gasteiger partial charge on any atom is 0.524 e. The van der Waals surface area contributed by atoms with Crippen molar-refractivity contribution in [3.05, 3.63) is 0 Å². The fourth-order valence-corrected chi connectivity index (χ4v) is 0.352. The Kier molecular flexibility index (Phi) is 14.6. The molecule has 0 fully saturated rings. The Labute approximate surface area is 70.9 Å². The SMILES string of the molecule is CCCCC[O].O=C(O)OCl. The van der Waals surface area contributed by atoms with Gasteiger partial charge < -0.3 is 9.40 Å². The highest BCUT2D eigenvalue weighted by Crippen LogP contribution is 1.89. The molecule has 5 heteroatoms. The summed E-state index contributed by atoms with van der Waals surface area (Å²) >= 11 is 4.24. The first kappa shape index (κ1) is 13.1. The molecule has 0 aromatic rings. The molecule has 0 unspecified atom stereocenters. The first-order valence-corrected chi connectivity index (χ1v) is 3.59. The van der Waals surface area contributed by atoms with Gasteiger partial charge in [0.25, 0.3) is 0 Å². The average molecular weight is 184 g/mol. The summed E-state index contributed by atoms with van der Waals surface area (Å²) in [4.78, 5) is 9.01. The van der Waals surface area contributed by atoms with Crippen LogP contribution in [0.4, 0.5) is 4.79 Å². The van der Waals surface area contributed by atoms with Crippen LogP contribution in [0.1, 0.15) is 26.2 Å². The Morgan fingerprint density at radius 2 is 2.00 bits per heavy atom. The fourth-order valence-electron chi connectivity index (χ4n) is 0.352. The van der Waals surface area contributed by atoms with Gasteiger partial charge in [0, 0.05) is 0 Å². The van der Waals surface area contributed by atoms with Gasteiger partial charge in [-0.05, 0) is 6.42 Å². The molecule has 0 aliphatic carbocycles. The third-order valence-corrected chi connectivity index (χ3v) is 0.946. The quantitative estimate of drug-likeness (QED) is 0.684. The molecule has 0 bridgehead atoms. The van der Waals surface area contributed by atoms with E-state index >= 15 is 0 Å². The second-order valence-corrected chi connectivity index (χ2v) is 1.91. The predicted molar refractivity (Wildman–Crippen MR) is 40.0 cm³/mol. The van der Waals surface area contributed by atoms with E-state index in [0.717, 1.165) is 19.3 Å². The molecule has 0 saturated heterocycles. The molecule has 0 aromatic heterocycles. The molecular weight excluding hydrogens is 172 g/mol. The molecule has 67 valence electrons. The van der Waals surface area contributed by atoms with Gasteiger partial charge in [0.2, 0.25) is 0 Å². The van der Waals surface area contributed by atoms with E-state index < -0.39 is 6.16 Å². The Hall–Kier alpha value is -0.480. The van der Waals surface area contributed by atoms with Crippen LogP contribution < -0.4 is 0 Å². The lowest BCUT2D eigenvalue weighted by Crippen LogP contribution is -1.85. The summed E-state index contributed by atoms with van der Waals surface area (Å²) in [6, 6.07) is 0. The smallest absolute Gasteiger partial charge is 0.449 e. The van der Waals surface area contributed by atoms with Crippen LogP contribution in [0.5, 0.6) is 0 Å². The molecule has 0 saturated carbocycles. The van der Waals surface area contributed by atoms with E-state index in [1.807, 2.05) is 0 Å². The van der Waals surface area contributed by atoms with Crippen molar-refractivity contribution in [2.45, 2.75) is 26.2 Å². The Morgan fingerprint density at radius 1 is 1.55 bits per heavy atom. The topological polar surface area (TPSA) is 66.4 Å². The van der Waals surface area contributed by atoms with Crippen LogP contribution >= 0.6 is 11.9 Å². The van der Waals surface area contributed by atoms with Gasteiger partial charge >= 0.3 is 6.16 Å². The van der Waals surface area contributed by atoms with E-state index in [4.69, 9.17) is 9.90 Å². The van der Waals surface area contributed by atoms with Crippen LogP contribution in [0, 0.1) is 0 Å². The Morgan fingerprint density at radius 3 is 2.09 bits per heavy atom. The minimum absolute atomic E-state index is 0.105. The highest BCUT2D eigenvalue weighted by molar-refractivity contribution is 6.12. The van der Waals surface area contributed by atoms with Crippen LogP contribution in [0.15, 0.2) is 0 Å². The Bertz CT molecular complexity index is 82.7. The fraction of sp³-hybridized carbons (Fsp3) is 0.833. The van der Waals surface area contributed by atoms with Gasteiger partial charge in [-0.2, -0.15) is 0 Å². The van der Waals surface area contributed by atoms with Gasteiger partial charge in [-0.15, -0.1) is 0 Å². The zero-order valence-corrected chi connectivity index (χ0v) is 7.13. The largest absolute Gasteiger partial charge is 0.524 e. The number of hydrogen-bond acceptors (Lipinski definition) is 2. The van der Waals surface area contributed by atoms with E-state index in [9.17, 15) is 5.11 Å². The summed E-state index contributed by atoms with van der Waals surface area (Å²) < 4.78 is 3.14. The number of carboxylic acid groups (broad SMARTS) is 1. The lowest BCUT2D eigenvalue weighted by Gasteiger charge is -1.84. The second-order valence-electron chi connectivity index (χ2n) is 1.75. The van der Waals surface area contributed by atoms with Crippen molar-refractivity contribution >= 4 is 18.0 Å². The third kappa shape index (κ3) is 26.4. The third-order valence-electron chi connectivity index (χ3n) is 0.814. The zero-order chi connectivity index (χ0) is 9.11. The molecule has 1 N–H and O–H groups in total. The van der Waals surface area contributed by atoms with Crippen LogP contribution in [0.2, 0.25) is 0 Å². The van der Waals surface area contributed by atoms with Gasteiger partial charge in [0.15, 0.2) is 0 Å². The van der Waals surface area contributed by atoms with Crippen LogP contribution in [0.25, 0.3) is 0 Å². The maximum absolute atomic E-state index is 9.69. The van der Waals surface area contributed by atoms with Crippen molar-refractivity contribution in [3.63, 3.8) is 0 Å². The molecule has 0 rings (SSSR count). The summed E-state index contributed by atoms with van der Waals surface area (Å²) in [5, 5.41) is 17.1. The predicted octanol–water partition coefficient (Wildman–Crippen LogP) is 2.44. The van der Waals surface area contributed by atoms with Gasteiger partial charge in [-0.25, -0.2) is 9.90 Å². The van der Waals surface area contributed by atoms with Gasteiger partial charge in [-0.1, -0.05) is 19.8 Å². The maximum atomic E-state index is 9.69. The normalized spacial score (nSPS) is 7.91. The van der Waals surface area contributed by atoms with Crippen molar-refractivity contribution in [1.82, 2.24) is 0 Å². The van der Waals surface area contributed by atoms with Crippen molar-refractivity contribution in [1.29, 1.82) is 0 Å². The first-order valence-electron chi connectivity index (χ1n) is 3.28. The molecule has 0 aliphatic rings. The second kappa shape index (κ2) is 12.2. The molecule has 0 aromatic carbocycles. The van der Waals surface area contributed by atoms with E-state index in [-0.39, 0.29) is 6.61 Å². The van der Waals surface area contributed by atoms with Gasteiger partial charge in [-0.3, -0.25) is 0 Å². The minimum Gasteiger partial charge on any atom is -0.449 e. The lowest BCUT2D eigenvalue weighted by molar-refractivity contribution is 0.149. The monoisotopic (exact) mass is 183 g/mol. The molecule has 11 heavy (non-hydrogen) atoms. The van der Waals surface area contributed by atoms with E-state index in [2.05, 4.69) is 23.1 Å². The van der Waals surface area contributed by atoms with E-state index in [1.54, 1.807) is 0 Å². The molecule has 0 amide bonds. The van der Waals surface area contributed by atoms with Crippen molar-refractivity contribution in [3.8, 4) is 0 Å². The van der Waals surface area contributed by atoms with Crippen molar-refractivity contribution < 1.29 is 19.3 Å². The molecule has 1 radical (unpaired) electrons. The minimum atomic E-state index is -1.48. The molecular formula is C6H12ClO4. The van der Waals surface area contributed by atoms with Gasteiger partial charge in [0.05, 0.1) is 6.61 Å². The average Bonchev–Trinajstić information content (AvgIpc) is 2.02. The molecule has 0 spiro atoms. The molecule has 0 atom stereocenters. The number of hydrogen-bond donors (Lipinski definition) is 1. The van der Waals surface area contributed by atoms with Crippen molar-refractivity contribution in [2.24, 2.45) is 0 Å². The summed E-state index contributed by atoms with van der Waals surface area (Å²) in [6.07, 6.45) is 1.63. The van der Waals surface area contributed by atoms with Crippen LogP contribution in [-0.4, -0.2) is 17.9 Å². The number of carbonyl (C=O) groups is 1. The number of rotatable bonds is 3. The van der Waals surface area contributed by atoms with E-state index in [0.29, 0.717) is 0 Å². The number of unbranched alkanes of at least 4 members (excludes halogenated alkanes) is 2. The highest BCUT2D eigenvalue weighted by Gasteiger charge is 1.84. The van der Waals surface area contributed by atoms with E-state index in [1.165, 1.54) is 0 Å².